The van der Waals surface area contributed by atoms with Gasteiger partial charge in [-0.25, -0.2) is 4.57 Å². The summed E-state index contributed by atoms with van der Waals surface area (Å²) in [6.45, 7) is 6.94. The smallest absolute Gasteiger partial charge is 0.456 e. The van der Waals surface area contributed by atoms with E-state index in [-0.39, 0.29) is 31.5 Å². The molecule has 3 atom stereocenters. The van der Waals surface area contributed by atoms with Crippen LogP contribution < -0.4 is 5.32 Å². The van der Waals surface area contributed by atoms with E-state index in [0.29, 0.717) is 17.4 Å². The van der Waals surface area contributed by atoms with Gasteiger partial charge in [-0.15, -0.1) is 0 Å². The molecule has 0 aliphatic carbocycles. The van der Waals surface area contributed by atoms with Crippen molar-refractivity contribution in [3.05, 3.63) is 36.5 Å². The molecule has 0 aliphatic rings. The quantitative estimate of drug-likeness (QED) is 0.0205. The van der Waals surface area contributed by atoms with Crippen molar-refractivity contribution >= 4 is 19.7 Å². The number of amides is 1. The zero-order valence-corrected chi connectivity index (χ0v) is 50.0. The Kier molecular flexibility index (Phi) is 52.3. The fourth-order valence-electron chi connectivity index (χ4n) is 9.27. The molecule has 0 aliphatic heterocycles. The van der Waals surface area contributed by atoms with E-state index in [1.165, 1.54) is 186 Å². The van der Waals surface area contributed by atoms with Gasteiger partial charge in [0.1, 0.15) is 19.3 Å². The molecule has 0 aromatic carbocycles. The Labute approximate surface area is 453 Å². The van der Waals surface area contributed by atoms with Gasteiger partial charge in [0.25, 0.3) is 0 Å². The maximum atomic E-state index is 13.5. The normalized spacial score (nSPS) is 13.9. The highest BCUT2D eigenvalue weighted by molar-refractivity contribution is 7.47. The van der Waals surface area contributed by atoms with Crippen molar-refractivity contribution in [3.63, 3.8) is 0 Å². The zero-order chi connectivity index (χ0) is 53.6. The van der Waals surface area contributed by atoms with Crippen molar-refractivity contribution < 1.29 is 37.3 Å². The van der Waals surface area contributed by atoms with Gasteiger partial charge >= 0.3 is 13.8 Å². The second kappa shape index (κ2) is 53.6. The van der Waals surface area contributed by atoms with Crippen molar-refractivity contribution in [1.29, 1.82) is 0 Å². The second-order valence-corrected chi connectivity index (χ2v) is 24.0. The fourth-order valence-corrected chi connectivity index (χ4v) is 10.0. The molecule has 430 valence electrons. The van der Waals surface area contributed by atoms with Crippen molar-refractivity contribution in [2.75, 3.05) is 40.9 Å². The predicted octanol–water partition coefficient (Wildman–Crippen LogP) is 19.1. The Hall–Kier alpha value is -1.77. The number of nitrogens with zero attached hydrogens (tertiary/aromatic N) is 1. The average Bonchev–Trinajstić information content (AvgIpc) is 3.35. The van der Waals surface area contributed by atoms with E-state index in [2.05, 4.69) is 50.4 Å². The number of nitrogens with one attached hydrogen (secondary N) is 1. The average molecular weight is 1050 g/mol. The predicted molar refractivity (Wildman–Crippen MR) is 314 cm³/mol. The highest BCUT2D eigenvalue weighted by Gasteiger charge is 2.30. The van der Waals surface area contributed by atoms with Crippen LogP contribution in [0.1, 0.15) is 303 Å². The van der Waals surface area contributed by atoms with Gasteiger partial charge in [0, 0.05) is 12.8 Å². The summed E-state index contributed by atoms with van der Waals surface area (Å²) >= 11 is 0. The van der Waals surface area contributed by atoms with Gasteiger partial charge < -0.3 is 19.4 Å². The summed E-state index contributed by atoms with van der Waals surface area (Å²) in [6, 6.07) is -0.847. The monoisotopic (exact) mass is 1050 g/mol. The summed E-state index contributed by atoms with van der Waals surface area (Å²) in [5.74, 6) is -0.501. The Balaban J connectivity index is 5.17. The van der Waals surface area contributed by atoms with Crippen molar-refractivity contribution in [3.8, 4) is 0 Å². The molecule has 0 bridgehead atoms. The lowest BCUT2D eigenvalue weighted by molar-refractivity contribution is -0.870. The molecule has 0 rings (SSSR count). The molecular weight excluding hydrogens is 928 g/mol. The maximum Gasteiger partial charge on any atom is 0.472 e. The molecule has 0 fully saturated rings. The zero-order valence-electron chi connectivity index (χ0n) is 49.1. The van der Waals surface area contributed by atoms with Gasteiger partial charge in [-0.2, -0.15) is 0 Å². The third kappa shape index (κ3) is 54.8. The van der Waals surface area contributed by atoms with E-state index >= 15 is 0 Å². The molecule has 0 radical (unpaired) electrons. The van der Waals surface area contributed by atoms with E-state index in [1.807, 2.05) is 33.3 Å². The number of allylic oxidation sites excluding steroid dienone is 5. The standard InChI is InChI=1S/C63H121N2O7P/c1-7-10-13-16-19-22-25-28-30-31-32-33-34-35-36-37-40-43-46-49-52-55-62(66)64-60(59-71-73(68,69)70-58-57-65(4,5)6)61(54-51-48-45-42-39-27-24-21-18-15-12-9-3)72-63(67)56-53-50-47-44-41-38-29-26-23-20-17-14-11-8-2/h11,14,20,23,51,54,60-61H,7-10,12-13,15-19,21-22,24-50,52-53,55-59H2,1-6H3,(H-,64,66,68,69)/p+1/b14-11+,23-20+,54-51+. The SMILES string of the molecule is CC/C=C/C/C=C/CCCCCCCCCC(=O)OC(/C=C/CCCCCCCCCCCC)C(COP(=O)(O)OCC[N+](C)(C)C)NC(=O)CCCCCCCCCCCCCCCCCCCCCCC. The molecule has 73 heavy (non-hydrogen) atoms. The van der Waals surface area contributed by atoms with Crippen LogP contribution >= 0.6 is 7.82 Å². The van der Waals surface area contributed by atoms with E-state index < -0.39 is 20.0 Å². The lowest BCUT2D eigenvalue weighted by Crippen LogP contribution is -2.47. The minimum atomic E-state index is -4.44. The van der Waals surface area contributed by atoms with Gasteiger partial charge in [0.05, 0.1) is 33.8 Å². The van der Waals surface area contributed by atoms with E-state index in [0.717, 1.165) is 83.5 Å². The summed E-state index contributed by atoms with van der Waals surface area (Å²) in [7, 11) is 1.50. The van der Waals surface area contributed by atoms with Crippen LogP contribution in [-0.2, 0) is 27.9 Å². The fraction of sp³-hybridized carbons (Fsp3) is 0.873. The molecule has 0 aromatic rings. The Morgan fingerprint density at radius 2 is 0.877 bits per heavy atom. The number of quaternary nitrogens is 1. The molecule has 2 N–H and O–H groups in total. The lowest BCUT2D eigenvalue weighted by Gasteiger charge is -2.27. The number of hydrogen-bond donors (Lipinski definition) is 2. The number of phosphoric ester groups is 1. The molecule has 10 heteroatoms. The third-order valence-corrected chi connectivity index (χ3v) is 15.1. The van der Waals surface area contributed by atoms with Crippen molar-refractivity contribution in [2.24, 2.45) is 0 Å². The van der Waals surface area contributed by atoms with Gasteiger partial charge in [0.15, 0.2) is 0 Å². The maximum absolute atomic E-state index is 13.5. The van der Waals surface area contributed by atoms with Crippen LogP contribution in [0, 0.1) is 0 Å². The number of carbonyl (C=O) groups is 2. The number of unbranched alkanes of at least 4 members (excludes halogenated alkanes) is 37. The minimum absolute atomic E-state index is 0.0412. The van der Waals surface area contributed by atoms with Crippen LogP contribution in [0.5, 0.6) is 0 Å². The number of esters is 1. The van der Waals surface area contributed by atoms with Crippen molar-refractivity contribution in [2.45, 2.75) is 315 Å². The summed E-state index contributed by atoms with van der Waals surface area (Å²) in [4.78, 5) is 37.7. The summed E-state index contributed by atoms with van der Waals surface area (Å²) in [5.41, 5.74) is 0. The Morgan fingerprint density at radius 3 is 1.30 bits per heavy atom. The van der Waals surface area contributed by atoms with Crippen LogP contribution in [0.4, 0.5) is 0 Å². The van der Waals surface area contributed by atoms with Crippen LogP contribution in [0.2, 0.25) is 0 Å². The lowest BCUT2D eigenvalue weighted by atomic mass is 10.0. The Morgan fingerprint density at radius 1 is 0.493 bits per heavy atom. The van der Waals surface area contributed by atoms with Crippen molar-refractivity contribution in [1.82, 2.24) is 5.32 Å². The second-order valence-electron chi connectivity index (χ2n) is 22.6. The van der Waals surface area contributed by atoms with Crippen LogP contribution in [0.3, 0.4) is 0 Å². The highest BCUT2D eigenvalue weighted by Crippen LogP contribution is 2.43. The van der Waals surface area contributed by atoms with E-state index in [9.17, 15) is 19.0 Å². The number of rotatable bonds is 57. The van der Waals surface area contributed by atoms with E-state index in [4.69, 9.17) is 13.8 Å². The number of ether oxygens (including phenoxy) is 1. The molecule has 0 aromatic heterocycles. The number of phosphoric acid groups is 1. The van der Waals surface area contributed by atoms with Gasteiger partial charge in [-0.1, -0.05) is 269 Å². The topological polar surface area (TPSA) is 111 Å². The van der Waals surface area contributed by atoms with Crippen LogP contribution in [-0.4, -0.2) is 74.3 Å². The molecular formula is C63H122N2O7P+. The number of carbonyl (C=O) groups excluding carboxylic acids is 2. The molecule has 1 amide bonds. The highest BCUT2D eigenvalue weighted by atomic mass is 31.2. The molecule has 3 unspecified atom stereocenters. The number of hydrogen-bond acceptors (Lipinski definition) is 6. The molecule has 0 heterocycles. The van der Waals surface area contributed by atoms with Gasteiger partial charge in [-0.05, 0) is 57.4 Å². The summed E-state index contributed by atoms with van der Waals surface area (Å²) < 4.78 is 30.7. The Bertz CT molecular complexity index is 1350. The first kappa shape index (κ1) is 71.2. The van der Waals surface area contributed by atoms with Crippen LogP contribution in [0.15, 0.2) is 36.5 Å². The molecule has 0 saturated heterocycles. The van der Waals surface area contributed by atoms with Crippen LogP contribution in [0.25, 0.3) is 0 Å². The van der Waals surface area contributed by atoms with Gasteiger partial charge in [0.2, 0.25) is 5.91 Å². The molecule has 0 saturated carbocycles. The summed E-state index contributed by atoms with van der Waals surface area (Å²) in [5, 5.41) is 3.06. The number of likely N-dealkylation sites (N-methyl/N-ethyl adjacent to an activating group) is 1. The molecule has 9 nitrogen and oxygen atoms in total. The molecule has 0 spiro atoms. The summed E-state index contributed by atoms with van der Waals surface area (Å²) in [6.07, 6.45) is 64.3. The largest absolute Gasteiger partial charge is 0.472 e. The first-order valence-electron chi connectivity index (χ1n) is 31.3. The first-order chi connectivity index (χ1) is 35.4. The first-order valence-corrected chi connectivity index (χ1v) is 32.8. The minimum Gasteiger partial charge on any atom is -0.456 e. The van der Waals surface area contributed by atoms with E-state index in [1.54, 1.807) is 0 Å². The van der Waals surface area contributed by atoms with Gasteiger partial charge in [-0.3, -0.25) is 18.6 Å². The third-order valence-electron chi connectivity index (χ3n) is 14.1.